The van der Waals surface area contributed by atoms with Gasteiger partial charge in [0.15, 0.2) is 0 Å². The minimum atomic E-state index is 0.0932. The molecular formula is C20H35NO. The molecule has 2 N–H and O–H groups in total. The molecule has 1 rings (SSSR count). The number of nitrogens with two attached hydrogens (primary N) is 1. The van der Waals surface area contributed by atoms with Crippen LogP contribution in [0, 0.1) is 6.92 Å². The van der Waals surface area contributed by atoms with Crippen LogP contribution in [0.25, 0.3) is 0 Å². The maximum atomic E-state index is 6.13. The van der Waals surface area contributed by atoms with Crippen LogP contribution >= 0.6 is 0 Å². The van der Waals surface area contributed by atoms with E-state index in [1.807, 2.05) is 0 Å². The molecule has 0 saturated heterocycles. The molecule has 2 nitrogen and oxygen atoms in total. The van der Waals surface area contributed by atoms with Gasteiger partial charge in [-0.3, -0.25) is 0 Å². The van der Waals surface area contributed by atoms with E-state index in [2.05, 4.69) is 53.7 Å². The van der Waals surface area contributed by atoms with Crippen LogP contribution in [0.5, 0.6) is 5.75 Å². The highest BCUT2D eigenvalue weighted by Crippen LogP contribution is 2.41. The van der Waals surface area contributed by atoms with Crippen LogP contribution in [0.3, 0.4) is 0 Å². The summed E-state index contributed by atoms with van der Waals surface area (Å²) in [5.41, 5.74) is 9.89. The minimum absolute atomic E-state index is 0.0932. The summed E-state index contributed by atoms with van der Waals surface area (Å²) < 4.78 is 6.13. The Hall–Kier alpha value is -1.02. The Morgan fingerprint density at radius 1 is 1.14 bits per heavy atom. The van der Waals surface area contributed by atoms with Crippen molar-refractivity contribution in [2.75, 3.05) is 13.2 Å². The van der Waals surface area contributed by atoms with Crippen LogP contribution in [0.15, 0.2) is 12.1 Å². The molecule has 0 aliphatic rings. The van der Waals surface area contributed by atoms with Gasteiger partial charge in [0, 0.05) is 5.56 Å². The number of hydrogen-bond acceptors (Lipinski definition) is 2. The normalized spacial score (nSPS) is 13.2. The van der Waals surface area contributed by atoms with Gasteiger partial charge in [-0.1, -0.05) is 51.8 Å². The Labute approximate surface area is 137 Å². The van der Waals surface area contributed by atoms with Crippen LogP contribution < -0.4 is 10.5 Å². The van der Waals surface area contributed by atoms with E-state index < -0.39 is 0 Å². The molecule has 126 valence electrons. The van der Waals surface area contributed by atoms with E-state index in [4.69, 9.17) is 10.5 Å². The number of hydrogen-bond donors (Lipinski definition) is 1. The van der Waals surface area contributed by atoms with E-state index in [9.17, 15) is 0 Å². The van der Waals surface area contributed by atoms with Gasteiger partial charge in [-0.05, 0) is 56.6 Å². The second-order valence-corrected chi connectivity index (χ2v) is 7.33. The van der Waals surface area contributed by atoms with Gasteiger partial charge >= 0.3 is 0 Å². The van der Waals surface area contributed by atoms with Crippen molar-refractivity contribution in [3.63, 3.8) is 0 Å². The highest BCUT2D eigenvalue weighted by molar-refractivity contribution is 5.49. The molecule has 0 amide bonds. The Morgan fingerprint density at radius 2 is 1.82 bits per heavy atom. The molecule has 0 spiro atoms. The predicted molar refractivity (Wildman–Crippen MR) is 97.0 cm³/mol. The van der Waals surface area contributed by atoms with Crippen LogP contribution in [0.4, 0.5) is 0 Å². The molecule has 1 unspecified atom stereocenters. The molecule has 0 saturated carbocycles. The fourth-order valence-electron chi connectivity index (χ4n) is 3.14. The molecule has 0 aliphatic carbocycles. The number of ether oxygens (including phenoxy) is 1. The molecule has 0 aliphatic heterocycles. The van der Waals surface area contributed by atoms with Gasteiger partial charge in [0.05, 0.1) is 6.61 Å². The molecule has 0 aromatic heterocycles. The fraction of sp³-hybridized carbons (Fsp3) is 0.700. The average molecular weight is 306 g/mol. The van der Waals surface area contributed by atoms with Crippen molar-refractivity contribution in [1.29, 1.82) is 0 Å². The van der Waals surface area contributed by atoms with Crippen molar-refractivity contribution in [2.45, 2.75) is 78.6 Å². The second-order valence-electron chi connectivity index (χ2n) is 7.33. The molecule has 0 bridgehead atoms. The van der Waals surface area contributed by atoms with Crippen molar-refractivity contribution in [3.8, 4) is 5.75 Å². The first-order chi connectivity index (χ1) is 10.3. The van der Waals surface area contributed by atoms with Gasteiger partial charge in [-0.25, -0.2) is 0 Å². The Morgan fingerprint density at radius 3 is 2.32 bits per heavy atom. The summed E-state index contributed by atoms with van der Waals surface area (Å²) in [5.74, 6) is 1.67. The summed E-state index contributed by atoms with van der Waals surface area (Å²) in [6, 6.07) is 4.62. The van der Waals surface area contributed by atoms with Crippen molar-refractivity contribution >= 4 is 0 Å². The van der Waals surface area contributed by atoms with Gasteiger partial charge in [-0.2, -0.15) is 0 Å². The van der Waals surface area contributed by atoms with Gasteiger partial charge < -0.3 is 10.5 Å². The van der Waals surface area contributed by atoms with Crippen molar-refractivity contribution in [2.24, 2.45) is 5.73 Å². The largest absolute Gasteiger partial charge is 0.493 e. The van der Waals surface area contributed by atoms with E-state index >= 15 is 0 Å². The van der Waals surface area contributed by atoms with E-state index in [-0.39, 0.29) is 5.41 Å². The van der Waals surface area contributed by atoms with Crippen LogP contribution in [0.1, 0.15) is 82.9 Å². The van der Waals surface area contributed by atoms with Crippen molar-refractivity contribution < 1.29 is 4.74 Å². The zero-order valence-corrected chi connectivity index (χ0v) is 15.5. The molecule has 0 fully saturated rings. The number of rotatable bonds is 8. The van der Waals surface area contributed by atoms with Gasteiger partial charge in [-0.15, -0.1) is 0 Å². The third kappa shape index (κ3) is 5.01. The Kier molecular flexibility index (Phi) is 7.41. The first-order valence-electron chi connectivity index (χ1n) is 8.83. The Balaban J connectivity index is 3.38. The van der Waals surface area contributed by atoms with E-state index in [0.717, 1.165) is 31.7 Å². The summed E-state index contributed by atoms with van der Waals surface area (Å²) in [7, 11) is 0. The fourth-order valence-corrected chi connectivity index (χ4v) is 3.14. The third-order valence-corrected chi connectivity index (χ3v) is 4.19. The number of aryl methyl sites for hydroxylation is 1. The smallest absolute Gasteiger partial charge is 0.126 e. The van der Waals surface area contributed by atoms with E-state index in [1.165, 1.54) is 29.5 Å². The van der Waals surface area contributed by atoms with Crippen LogP contribution in [-0.2, 0) is 5.41 Å². The lowest BCUT2D eigenvalue weighted by Gasteiger charge is -2.28. The lowest BCUT2D eigenvalue weighted by molar-refractivity contribution is 0.321. The topological polar surface area (TPSA) is 35.2 Å². The lowest BCUT2D eigenvalue weighted by atomic mass is 9.80. The van der Waals surface area contributed by atoms with Gasteiger partial charge in [0.25, 0.3) is 0 Å². The SMILES string of the molecule is CCCC(CCCN)c1cc(C)cc(C(C)(C)C)c1OCC. The maximum absolute atomic E-state index is 6.13. The zero-order valence-electron chi connectivity index (χ0n) is 15.5. The highest BCUT2D eigenvalue weighted by atomic mass is 16.5. The third-order valence-electron chi connectivity index (χ3n) is 4.19. The highest BCUT2D eigenvalue weighted by Gasteiger charge is 2.25. The molecule has 2 heteroatoms. The Bertz CT molecular complexity index is 460. The maximum Gasteiger partial charge on any atom is 0.126 e. The first-order valence-corrected chi connectivity index (χ1v) is 8.83. The summed E-state index contributed by atoms with van der Waals surface area (Å²) in [6.07, 6.45) is 4.62. The molecule has 1 atom stereocenters. The van der Waals surface area contributed by atoms with Crippen LogP contribution in [-0.4, -0.2) is 13.2 Å². The monoisotopic (exact) mass is 305 g/mol. The zero-order chi connectivity index (χ0) is 16.8. The predicted octanol–water partition coefficient (Wildman–Crippen LogP) is 5.31. The quantitative estimate of drug-likeness (QED) is 0.706. The average Bonchev–Trinajstić information content (AvgIpc) is 2.44. The second kappa shape index (κ2) is 8.57. The molecule has 1 aromatic rings. The summed E-state index contributed by atoms with van der Waals surface area (Å²) >= 11 is 0. The van der Waals surface area contributed by atoms with Crippen molar-refractivity contribution in [3.05, 3.63) is 28.8 Å². The lowest BCUT2D eigenvalue weighted by Crippen LogP contribution is -2.16. The first kappa shape index (κ1) is 19.0. The van der Waals surface area contributed by atoms with Gasteiger partial charge in [0.2, 0.25) is 0 Å². The molecular weight excluding hydrogens is 270 g/mol. The summed E-state index contributed by atoms with van der Waals surface area (Å²) in [4.78, 5) is 0. The minimum Gasteiger partial charge on any atom is -0.493 e. The van der Waals surface area contributed by atoms with Crippen LogP contribution in [0.2, 0.25) is 0 Å². The number of benzene rings is 1. The molecule has 1 aromatic carbocycles. The van der Waals surface area contributed by atoms with Crippen molar-refractivity contribution in [1.82, 2.24) is 0 Å². The van der Waals surface area contributed by atoms with E-state index in [1.54, 1.807) is 0 Å². The summed E-state index contributed by atoms with van der Waals surface area (Å²) in [5, 5.41) is 0. The van der Waals surface area contributed by atoms with Gasteiger partial charge in [0.1, 0.15) is 5.75 Å². The molecule has 0 radical (unpaired) electrons. The standard InChI is InChI=1S/C20H35NO/c1-7-10-16(11-9-12-21)17-13-15(3)14-18(20(4,5)6)19(17)22-8-2/h13-14,16H,7-12,21H2,1-6H3. The molecule has 22 heavy (non-hydrogen) atoms. The molecule has 0 heterocycles. The summed E-state index contributed by atoms with van der Waals surface area (Å²) in [6.45, 7) is 14.8. The van der Waals surface area contributed by atoms with E-state index in [0.29, 0.717) is 5.92 Å².